The molecule has 3 rings (SSSR count). The molecule has 1 atom stereocenters. The Bertz CT molecular complexity index is 608. The molecule has 3 N–H and O–H groups in total. The van der Waals surface area contributed by atoms with Crippen molar-refractivity contribution in [3.8, 4) is 0 Å². The van der Waals surface area contributed by atoms with E-state index in [-0.39, 0.29) is 5.91 Å². The van der Waals surface area contributed by atoms with Gasteiger partial charge in [0.1, 0.15) is 5.03 Å². The lowest BCUT2D eigenvalue weighted by Crippen LogP contribution is -2.28. The standard InChI is InChI=1S/C16H21N5OS/c22-16(18-8-9-23-15-11-19-21-20-15)13-5-3-12(4-6-13)14-2-1-7-17-10-14/h3-6,11,14,17H,1-2,7-10H2,(H,18,22)(H,19,20,21)/t14-/m1/s1. The normalized spacial score (nSPS) is 17.8. The van der Waals surface area contributed by atoms with Gasteiger partial charge < -0.3 is 10.6 Å². The quantitative estimate of drug-likeness (QED) is 0.555. The van der Waals surface area contributed by atoms with Gasteiger partial charge in [-0.15, -0.1) is 16.9 Å². The van der Waals surface area contributed by atoms with E-state index in [2.05, 4.69) is 38.2 Å². The third-order valence-electron chi connectivity index (χ3n) is 3.97. The van der Waals surface area contributed by atoms with Crippen LogP contribution in [-0.2, 0) is 0 Å². The van der Waals surface area contributed by atoms with Crippen molar-refractivity contribution in [3.05, 3.63) is 41.6 Å². The summed E-state index contributed by atoms with van der Waals surface area (Å²) in [7, 11) is 0. The highest BCUT2D eigenvalue weighted by Gasteiger charge is 2.15. The summed E-state index contributed by atoms with van der Waals surface area (Å²) in [5.74, 6) is 1.31. The molecule has 1 amide bonds. The Labute approximate surface area is 139 Å². The van der Waals surface area contributed by atoms with E-state index in [1.54, 1.807) is 18.0 Å². The summed E-state index contributed by atoms with van der Waals surface area (Å²) in [4.78, 5) is 12.1. The topological polar surface area (TPSA) is 82.7 Å². The number of hydrogen-bond acceptors (Lipinski definition) is 5. The lowest BCUT2D eigenvalue weighted by Gasteiger charge is -2.23. The SMILES string of the molecule is O=C(NCCSc1cn[nH]n1)c1ccc([C@@H]2CCCNC2)cc1. The van der Waals surface area contributed by atoms with Crippen LogP contribution in [0.25, 0.3) is 0 Å². The molecule has 0 aliphatic carbocycles. The Morgan fingerprint density at radius 3 is 2.91 bits per heavy atom. The molecule has 2 aromatic rings. The number of nitrogens with zero attached hydrogens (tertiary/aromatic N) is 2. The van der Waals surface area contributed by atoms with Crippen molar-refractivity contribution in [2.24, 2.45) is 0 Å². The summed E-state index contributed by atoms with van der Waals surface area (Å²) in [5, 5.41) is 17.5. The average molecular weight is 331 g/mol. The summed E-state index contributed by atoms with van der Waals surface area (Å²) in [6, 6.07) is 8.00. The number of carbonyl (C=O) groups is 1. The van der Waals surface area contributed by atoms with Gasteiger partial charge in [0.05, 0.1) is 6.20 Å². The minimum absolute atomic E-state index is 0.0286. The van der Waals surface area contributed by atoms with Crippen molar-refractivity contribution < 1.29 is 4.79 Å². The third-order valence-corrected chi connectivity index (χ3v) is 4.87. The highest BCUT2D eigenvalue weighted by Crippen LogP contribution is 2.23. The van der Waals surface area contributed by atoms with E-state index in [4.69, 9.17) is 0 Å². The summed E-state index contributed by atoms with van der Waals surface area (Å²) < 4.78 is 0. The van der Waals surface area contributed by atoms with Crippen molar-refractivity contribution in [2.45, 2.75) is 23.8 Å². The van der Waals surface area contributed by atoms with E-state index in [1.165, 1.54) is 18.4 Å². The number of H-pyrrole nitrogens is 1. The fourth-order valence-corrected chi connectivity index (χ4v) is 3.37. The minimum Gasteiger partial charge on any atom is -0.351 e. The summed E-state index contributed by atoms with van der Waals surface area (Å²) >= 11 is 1.56. The molecule has 2 heterocycles. The van der Waals surface area contributed by atoms with Gasteiger partial charge in [-0.1, -0.05) is 12.1 Å². The maximum Gasteiger partial charge on any atom is 0.251 e. The zero-order valence-corrected chi connectivity index (χ0v) is 13.7. The maximum atomic E-state index is 12.1. The number of carbonyl (C=O) groups excluding carboxylic acids is 1. The molecule has 1 aromatic heterocycles. The van der Waals surface area contributed by atoms with Crippen LogP contribution in [0.5, 0.6) is 0 Å². The molecule has 1 aliphatic heterocycles. The van der Waals surface area contributed by atoms with Crippen LogP contribution < -0.4 is 10.6 Å². The first kappa shape index (κ1) is 16.0. The number of aromatic nitrogens is 3. The molecule has 6 nitrogen and oxygen atoms in total. The molecule has 1 aromatic carbocycles. The fourth-order valence-electron chi connectivity index (χ4n) is 2.73. The molecule has 1 saturated heterocycles. The molecule has 23 heavy (non-hydrogen) atoms. The van der Waals surface area contributed by atoms with Gasteiger partial charge in [0.2, 0.25) is 0 Å². The second kappa shape index (κ2) is 8.12. The van der Waals surface area contributed by atoms with Gasteiger partial charge in [0.25, 0.3) is 5.91 Å². The van der Waals surface area contributed by atoms with Crippen LogP contribution in [0.1, 0.15) is 34.7 Å². The molecule has 122 valence electrons. The first-order valence-electron chi connectivity index (χ1n) is 7.90. The summed E-state index contributed by atoms with van der Waals surface area (Å²) in [5.41, 5.74) is 2.03. The number of piperidine rings is 1. The second-order valence-electron chi connectivity index (χ2n) is 5.58. The first-order chi connectivity index (χ1) is 11.3. The van der Waals surface area contributed by atoms with E-state index >= 15 is 0 Å². The largest absolute Gasteiger partial charge is 0.351 e. The second-order valence-corrected chi connectivity index (χ2v) is 6.69. The van der Waals surface area contributed by atoms with E-state index in [1.807, 2.05) is 12.1 Å². The predicted octanol–water partition coefficient (Wildman–Crippen LogP) is 1.79. The van der Waals surface area contributed by atoms with E-state index in [9.17, 15) is 4.79 Å². The van der Waals surface area contributed by atoms with Crippen molar-refractivity contribution >= 4 is 17.7 Å². The molecule has 0 saturated carbocycles. The van der Waals surface area contributed by atoms with Crippen LogP contribution >= 0.6 is 11.8 Å². The minimum atomic E-state index is -0.0286. The molecule has 1 aliphatic rings. The highest BCUT2D eigenvalue weighted by atomic mass is 32.2. The summed E-state index contributed by atoms with van der Waals surface area (Å²) in [6.45, 7) is 2.75. The number of amides is 1. The van der Waals surface area contributed by atoms with Gasteiger partial charge in [-0.05, 0) is 43.0 Å². The Morgan fingerprint density at radius 1 is 1.35 bits per heavy atom. The van der Waals surface area contributed by atoms with Gasteiger partial charge in [0, 0.05) is 24.4 Å². The van der Waals surface area contributed by atoms with E-state index < -0.39 is 0 Å². The number of thioether (sulfide) groups is 1. The monoisotopic (exact) mass is 331 g/mol. The van der Waals surface area contributed by atoms with E-state index in [0.717, 1.165) is 23.9 Å². The fraction of sp³-hybridized carbons (Fsp3) is 0.438. The van der Waals surface area contributed by atoms with Gasteiger partial charge in [0.15, 0.2) is 0 Å². The smallest absolute Gasteiger partial charge is 0.251 e. The third kappa shape index (κ3) is 4.56. The number of hydrogen-bond donors (Lipinski definition) is 3. The van der Waals surface area contributed by atoms with Gasteiger partial charge in [-0.25, -0.2) is 0 Å². The highest BCUT2D eigenvalue weighted by molar-refractivity contribution is 7.99. The number of nitrogens with one attached hydrogen (secondary N) is 3. The zero-order chi connectivity index (χ0) is 15.9. The molecule has 0 unspecified atom stereocenters. The molecule has 7 heteroatoms. The van der Waals surface area contributed by atoms with Crippen LogP contribution in [0.2, 0.25) is 0 Å². The molecule has 0 spiro atoms. The Morgan fingerprint density at radius 2 is 2.22 bits per heavy atom. The zero-order valence-electron chi connectivity index (χ0n) is 12.9. The Kier molecular flexibility index (Phi) is 5.65. The van der Waals surface area contributed by atoms with Crippen molar-refractivity contribution in [3.63, 3.8) is 0 Å². The maximum absolute atomic E-state index is 12.1. The van der Waals surface area contributed by atoms with E-state index in [0.29, 0.717) is 18.0 Å². The first-order valence-corrected chi connectivity index (χ1v) is 8.89. The Balaban J connectivity index is 1.45. The summed E-state index contributed by atoms with van der Waals surface area (Å²) in [6.07, 6.45) is 4.11. The number of benzene rings is 1. The number of rotatable bonds is 6. The van der Waals surface area contributed by atoms with Crippen LogP contribution in [0, 0.1) is 0 Å². The average Bonchev–Trinajstić information content (AvgIpc) is 3.13. The predicted molar refractivity (Wildman–Crippen MR) is 90.7 cm³/mol. The molecule has 0 radical (unpaired) electrons. The van der Waals surface area contributed by atoms with Crippen molar-refractivity contribution in [2.75, 3.05) is 25.4 Å². The Hall–Kier alpha value is -1.86. The molecular weight excluding hydrogens is 310 g/mol. The number of aromatic amines is 1. The van der Waals surface area contributed by atoms with Crippen LogP contribution in [0.15, 0.2) is 35.5 Å². The van der Waals surface area contributed by atoms with Crippen LogP contribution in [0.4, 0.5) is 0 Å². The molecule has 0 bridgehead atoms. The molecule has 1 fully saturated rings. The van der Waals surface area contributed by atoms with Crippen molar-refractivity contribution in [1.82, 2.24) is 26.0 Å². The van der Waals surface area contributed by atoms with Crippen LogP contribution in [0.3, 0.4) is 0 Å². The lowest BCUT2D eigenvalue weighted by molar-refractivity contribution is 0.0956. The van der Waals surface area contributed by atoms with Gasteiger partial charge in [-0.2, -0.15) is 10.3 Å². The lowest BCUT2D eigenvalue weighted by atomic mass is 9.91. The van der Waals surface area contributed by atoms with Crippen LogP contribution in [-0.4, -0.2) is 46.7 Å². The van der Waals surface area contributed by atoms with Gasteiger partial charge in [-0.3, -0.25) is 4.79 Å². The van der Waals surface area contributed by atoms with Crippen molar-refractivity contribution in [1.29, 1.82) is 0 Å². The molecular formula is C16H21N5OS. The van der Waals surface area contributed by atoms with Gasteiger partial charge >= 0.3 is 0 Å².